The summed E-state index contributed by atoms with van der Waals surface area (Å²) in [4.78, 5) is 0. The maximum atomic E-state index is 7.03. The van der Waals surface area contributed by atoms with Crippen LogP contribution in [0.15, 0.2) is 0 Å². The molecule has 0 rings (SSSR count). The van der Waals surface area contributed by atoms with Gasteiger partial charge in [0.25, 0.3) is 0 Å². The number of rotatable bonds is 1. The summed E-state index contributed by atoms with van der Waals surface area (Å²) < 4.78 is 7.03. The van der Waals surface area contributed by atoms with Gasteiger partial charge in [0.05, 0.1) is 0 Å². The van der Waals surface area contributed by atoms with Crippen LogP contribution in [0.3, 0.4) is 0 Å². The fraction of sp³-hybridized carbons (Fsp3) is 1.00. The second kappa shape index (κ2) is 2.25. The molecule has 5 heavy (non-hydrogen) atoms. The summed E-state index contributed by atoms with van der Waals surface area (Å²) in [5, 5.41) is 0. The predicted molar refractivity (Wildman–Crippen MR) is 25.1 cm³/mol. The number of hydrogen-bond acceptors (Lipinski definition) is 0. The molecule has 0 radical (unpaired) electrons. The van der Waals surface area contributed by atoms with Crippen molar-refractivity contribution >= 4 is 0 Å². The van der Waals surface area contributed by atoms with Gasteiger partial charge in [0.2, 0.25) is 0 Å². The lowest BCUT2D eigenvalue weighted by Gasteiger charge is -1.90. The van der Waals surface area contributed by atoms with Crippen LogP contribution in [0.4, 0.5) is 0 Å². The minimum atomic E-state index is 0.102. The zero-order valence-corrected chi connectivity index (χ0v) is 4.15. The Kier molecular flexibility index (Phi) is 1.44. The third kappa shape index (κ3) is 4.00. The first-order chi connectivity index (χ1) is 2.64. The van der Waals surface area contributed by atoms with E-state index in [-0.39, 0.29) is 6.40 Å². The molecule has 0 spiro atoms. The van der Waals surface area contributed by atoms with E-state index in [9.17, 15) is 0 Å². The second-order valence-electron chi connectivity index (χ2n) is 1.58. The zero-order valence-electron chi connectivity index (χ0n) is 5.15. The molecule has 1 atom stereocenters. The molecule has 1 unspecified atom stereocenters. The Bertz CT molecular complexity index is 24.9. The summed E-state index contributed by atoms with van der Waals surface area (Å²) in [6.07, 6.45) is 0.102. The van der Waals surface area contributed by atoms with Crippen molar-refractivity contribution in [3.8, 4) is 0 Å². The van der Waals surface area contributed by atoms with E-state index in [0.717, 1.165) is 0 Å². The van der Waals surface area contributed by atoms with Crippen LogP contribution in [0.1, 0.15) is 28.5 Å². The average Bonchev–Trinajstić information content (AvgIpc) is 1.36. The Labute approximate surface area is 35.6 Å². The highest BCUT2D eigenvalue weighted by Gasteiger charge is 1.80. The van der Waals surface area contributed by atoms with E-state index in [1.807, 2.05) is 6.92 Å². The van der Waals surface area contributed by atoms with Crippen molar-refractivity contribution in [2.45, 2.75) is 27.2 Å². The van der Waals surface area contributed by atoms with Crippen LogP contribution in [0.2, 0.25) is 0 Å². The molecule has 0 amide bonds. The van der Waals surface area contributed by atoms with Gasteiger partial charge in [-0.15, -0.1) is 0 Å². The molecule has 0 heterocycles. The Balaban J connectivity index is 2.99. The van der Waals surface area contributed by atoms with Crippen LogP contribution in [-0.4, -0.2) is 0 Å². The first kappa shape index (κ1) is 3.20. The van der Waals surface area contributed by atoms with Crippen molar-refractivity contribution in [1.29, 1.82) is 0 Å². The van der Waals surface area contributed by atoms with E-state index in [1.54, 1.807) is 0 Å². The lowest BCUT2D eigenvalue weighted by Crippen LogP contribution is -1.77. The van der Waals surface area contributed by atoms with Crippen molar-refractivity contribution < 1.29 is 1.37 Å². The quantitative estimate of drug-likeness (QED) is 0.446. The van der Waals surface area contributed by atoms with Gasteiger partial charge in [-0.1, -0.05) is 27.2 Å². The summed E-state index contributed by atoms with van der Waals surface area (Å²) in [6, 6.07) is 0. The third-order valence-electron chi connectivity index (χ3n) is 0.667. The van der Waals surface area contributed by atoms with Crippen LogP contribution < -0.4 is 0 Å². The van der Waals surface area contributed by atoms with Gasteiger partial charge < -0.3 is 0 Å². The molecule has 0 N–H and O–H groups in total. The smallest absolute Gasteiger partial charge is 0.0266 e. The summed E-state index contributed by atoms with van der Waals surface area (Å²) >= 11 is 0. The summed E-state index contributed by atoms with van der Waals surface area (Å²) in [7, 11) is 0. The van der Waals surface area contributed by atoms with Crippen LogP contribution in [0, 0.1) is 5.92 Å². The highest BCUT2D eigenvalue weighted by atomic mass is 13.9. The van der Waals surface area contributed by atoms with Crippen LogP contribution in [-0.2, 0) is 0 Å². The van der Waals surface area contributed by atoms with Gasteiger partial charge in [0, 0.05) is 1.37 Å². The van der Waals surface area contributed by atoms with Gasteiger partial charge in [0.1, 0.15) is 0 Å². The molecule has 0 fully saturated rings. The minimum Gasteiger partial charge on any atom is -0.0651 e. The van der Waals surface area contributed by atoms with E-state index in [1.165, 1.54) is 0 Å². The highest BCUT2D eigenvalue weighted by molar-refractivity contribution is 4.32. The van der Waals surface area contributed by atoms with Gasteiger partial charge in [0.15, 0.2) is 0 Å². The molecule has 0 aromatic rings. The maximum Gasteiger partial charge on any atom is 0.0266 e. The molecular weight excluding hydrogens is 60.1 g/mol. The Morgan fingerprint density at radius 2 is 2.00 bits per heavy atom. The average molecular weight is 74.2 g/mol. The molecule has 0 saturated carbocycles. The molecule has 0 bridgehead atoms. The molecule has 0 saturated heterocycles. The van der Waals surface area contributed by atoms with Crippen LogP contribution in [0.5, 0.6) is 0 Å². The second-order valence-corrected chi connectivity index (χ2v) is 1.58. The third-order valence-corrected chi connectivity index (χ3v) is 0.667. The monoisotopic (exact) mass is 74.1 g/mol. The Morgan fingerprint density at radius 1 is 1.80 bits per heavy atom. The zero-order chi connectivity index (χ0) is 5.15. The van der Waals surface area contributed by atoms with Crippen LogP contribution >= 0.6 is 0 Å². The van der Waals surface area contributed by atoms with Gasteiger partial charge in [-0.2, -0.15) is 0 Å². The van der Waals surface area contributed by atoms with Crippen molar-refractivity contribution in [1.82, 2.24) is 0 Å². The molecule has 0 aliphatic heterocycles. The maximum absolute atomic E-state index is 7.03. The van der Waals surface area contributed by atoms with Crippen molar-refractivity contribution in [3.05, 3.63) is 0 Å². The molecule has 0 aliphatic carbocycles. The molecule has 0 aromatic carbocycles. The Hall–Kier alpha value is 0. The molecule has 0 aliphatic rings. The molecule has 32 valence electrons. The van der Waals surface area contributed by atoms with Crippen molar-refractivity contribution in [2.75, 3.05) is 0 Å². The fourth-order valence-corrected chi connectivity index (χ4v) is 0. The number of hydrogen-bond donors (Lipinski definition) is 0. The Morgan fingerprint density at radius 3 is 2.00 bits per heavy atom. The van der Waals surface area contributed by atoms with Crippen molar-refractivity contribution in [3.63, 3.8) is 0 Å². The van der Waals surface area contributed by atoms with E-state index >= 15 is 0 Å². The topological polar surface area (TPSA) is 0 Å². The van der Waals surface area contributed by atoms with E-state index < -0.39 is 0 Å². The SMILES string of the molecule is [3H]C(C)C(C)C. The summed E-state index contributed by atoms with van der Waals surface area (Å²) in [5.41, 5.74) is 0. The summed E-state index contributed by atoms with van der Waals surface area (Å²) in [6.45, 7) is 6.01. The van der Waals surface area contributed by atoms with Crippen LogP contribution in [0.25, 0.3) is 0 Å². The van der Waals surface area contributed by atoms with Gasteiger partial charge in [-0.05, 0) is 5.92 Å². The van der Waals surface area contributed by atoms with Gasteiger partial charge >= 0.3 is 0 Å². The summed E-state index contributed by atoms with van der Waals surface area (Å²) in [5.74, 6) is 0.519. The lowest BCUT2D eigenvalue weighted by molar-refractivity contribution is 0.626. The first-order valence-electron chi connectivity index (χ1n) is 2.64. The van der Waals surface area contributed by atoms with E-state index in [2.05, 4.69) is 13.8 Å². The molecule has 0 nitrogen and oxygen atoms in total. The highest BCUT2D eigenvalue weighted by Crippen LogP contribution is 1.93. The molecule has 0 heteroatoms. The molecular formula is C5H12. The standard InChI is InChI=1S/C5H12/c1-4-5(2)3/h5H,4H2,1-3H3/i4T. The van der Waals surface area contributed by atoms with E-state index in [4.69, 9.17) is 1.37 Å². The van der Waals surface area contributed by atoms with E-state index in [0.29, 0.717) is 5.92 Å². The fourth-order valence-electron chi connectivity index (χ4n) is 0. The predicted octanol–water partition coefficient (Wildman–Crippen LogP) is 2.05. The largest absolute Gasteiger partial charge is 0.0651 e. The molecule has 0 aromatic heterocycles. The minimum absolute atomic E-state index is 0.102. The lowest BCUT2D eigenvalue weighted by atomic mass is 10.2. The van der Waals surface area contributed by atoms with Gasteiger partial charge in [-0.25, -0.2) is 0 Å². The normalized spacial score (nSPS) is 18.8. The first-order valence-corrected chi connectivity index (χ1v) is 2.07. The van der Waals surface area contributed by atoms with Gasteiger partial charge in [-0.3, -0.25) is 0 Å². The van der Waals surface area contributed by atoms with Crippen molar-refractivity contribution in [2.24, 2.45) is 5.92 Å².